The monoisotopic (exact) mass is 299 g/mol. The minimum atomic E-state index is -0.385. The Morgan fingerprint density at radius 1 is 1.14 bits per heavy atom. The predicted molar refractivity (Wildman–Crippen MR) is 87.0 cm³/mol. The fourth-order valence-corrected chi connectivity index (χ4v) is 2.22. The molecule has 0 saturated heterocycles. The molecule has 5 heteroatoms. The topological polar surface area (TPSA) is 55.3 Å². The second-order valence-electron chi connectivity index (χ2n) is 4.69. The zero-order chi connectivity index (χ0) is 15.9. The summed E-state index contributed by atoms with van der Waals surface area (Å²) in [6, 6.07) is 9.72. The number of hydrogen-bond donors (Lipinski definition) is 0. The summed E-state index contributed by atoms with van der Waals surface area (Å²) < 4.78 is 5.11. The molecule has 0 N–H and O–H groups in total. The van der Waals surface area contributed by atoms with Crippen LogP contribution < -0.4 is 4.90 Å². The number of ether oxygens (including phenoxy) is 1. The van der Waals surface area contributed by atoms with E-state index in [0.717, 1.165) is 18.7 Å². The van der Waals surface area contributed by atoms with Gasteiger partial charge in [-0.2, -0.15) is 0 Å². The van der Waals surface area contributed by atoms with Gasteiger partial charge in [0.15, 0.2) is 5.82 Å². The first-order chi connectivity index (χ1) is 10.7. The Morgan fingerprint density at radius 3 is 2.41 bits per heavy atom. The van der Waals surface area contributed by atoms with Gasteiger partial charge in [-0.25, -0.2) is 14.8 Å². The molecule has 0 bridgehead atoms. The fraction of sp³-hybridized carbons (Fsp3) is 0.353. The lowest BCUT2D eigenvalue weighted by molar-refractivity contribution is 0.0526. The third kappa shape index (κ3) is 3.42. The van der Waals surface area contributed by atoms with E-state index in [-0.39, 0.29) is 5.97 Å². The number of esters is 1. The summed E-state index contributed by atoms with van der Waals surface area (Å²) in [5.41, 5.74) is 1.33. The Balaban J connectivity index is 2.50. The molecule has 1 aromatic heterocycles. The van der Waals surface area contributed by atoms with Crippen LogP contribution in [0.15, 0.2) is 36.5 Å². The number of nitrogens with zero attached hydrogens (tertiary/aromatic N) is 3. The summed E-state index contributed by atoms with van der Waals surface area (Å²) in [7, 11) is 0. The maximum absolute atomic E-state index is 12.1. The molecule has 0 fully saturated rings. The standard InChI is InChI=1S/C17H21N3O2/c1-4-20(5-2)16-14(17(21)22-6-3)12-18-15(19-16)13-10-8-7-9-11-13/h7-12H,4-6H2,1-3H3. The van der Waals surface area contributed by atoms with Gasteiger partial charge in [0.2, 0.25) is 0 Å². The van der Waals surface area contributed by atoms with Gasteiger partial charge in [-0.1, -0.05) is 30.3 Å². The number of benzene rings is 1. The molecule has 0 atom stereocenters. The second kappa shape index (κ2) is 7.54. The summed E-state index contributed by atoms with van der Waals surface area (Å²) in [4.78, 5) is 23.1. The molecule has 0 radical (unpaired) electrons. The normalized spacial score (nSPS) is 10.3. The number of aromatic nitrogens is 2. The van der Waals surface area contributed by atoms with Crippen molar-refractivity contribution in [3.05, 3.63) is 42.1 Å². The number of carbonyl (C=O) groups excluding carboxylic acids is 1. The van der Waals surface area contributed by atoms with Crippen molar-refractivity contribution >= 4 is 11.8 Å². The predicted octanol–water partition coefficient (Wildman–Crippen LogP) is 3.17. The van der Waals surface area contributed by atoms with E-state index in [4.69, 9.17) is 4.74 Å². The van der Waals surface area contributed by atoms with Crippen LogP contribution in [0.2, 0.25) is 0 Å². The van der Waals surface area contributed by atoms with E-state index in [0.29, 0.717) is 23.8 Å². The van der Waals surface area contributed by atoms with E-state index in [1.807, 2.05) is 49.1 Å². The van der Waals surface area contributed by atoms with Crippen LogP contribution in [0.3, 0.4) is 0 Å². The van der Waals surface area contributed by atoms with E-state index in [1.165, 1.54) is 0 Å². The molecule has 116 valence electrons. The molecule has 0 saturated carbocycles. The van der Waals surface area contributed by atoms with Gasteiger partial charge in [0.05, 0.1) is 6.61 Å². The Kier molecular flexibility index (Phi) is 5.47. The van der Waals surface area contributed by atoms with E-state index in [2.05, 4.69) is 9.97 Å². The highest BCUT2D eigenvalue weighted by molar-refractivity contribution is 5.94. The summed E-state index contributed by atoms with van der Waals surface area (Å²) >= 11 is 0. The largest absolute Gasteiger partial charge is 0.462 e. The quantitative estimate of drug-likeness (QED) is 0.767. The number of rotatable bonds is 6. The minimum Gasteiger partial charge on any atom is -0.462 e. The molecule has 1 heterocycles. The minimum absolute atomic E-state index is 0.330. The SMILES string of the molecule is CCOC(=O)c1cnc(-c2ccccc2)nc1N(CC)CC. The van der Waals surface area contributed by atoms with Crippen molar-refractivity contribution in [3.8, 4) is 11.4 Å². The third-order valence-electron chi connectivity index (χ3n) is 3.36. The van der Waals surface area contributed by atoms with Crippen molar-refractivity contribution in [2.24, 2.45) is 0 Å². The van der Waals surface area contributed by atoms with Crippen LogP contribution in [0, 0.1) is 0 Å². The molecule has 2 rings (SSSR count). The van der Waals surface area contributed by atoms with Gasteiger partial charge >= 0.3 is 5.97 Å². The molecule has 5 nitrogen and oxygen atoms in total. The first-order valence-corrected chi connectivity index (χ1v) is 7.55. The van der Waals surface area contributed by atoms with E-state index in [1.54, 1.807) is 13.1 Å². The maximum atomic E-state index is 12.1. The van der Waals surface area contributed by atoms with Gasteiger partial charge in [-0.05, 0) is 20.8 Å². The summed E-state index contributed by atoms with van der Waals surface area (Å²) in [6.45, 7) is 7.69. The lowest BCUT2D eigenvalue weighted by Gasteiger charge is -2.22. The van der Waals surface area contributed by atoms with Crippen LogP contribution in [0.5, 0.6) is 0 Å². The van der Waals surface area contributed by atoms with Crippen molar-refractivity contribution in [1.82, 2.24) is 9.97 Å². The second-order valence-corrected chi connectivity index (χ2v) is 4.69. The lowest BCUT2D eigenvalue weighted by Crippen LogP contribution is -2.26. The number of carbonyl (C=O) groups is 1. The summed E-state index contributed by atoms with van der Waals surface area (Å²) in [5, 5.41) is 0. The van der Waals surface area contributed by atoms with E-state index < -0.39 is 0 Å². The molecule has 22 heavy (non-hydrogen) atoms. The van der Waals surface area contributed by atoms with Crippen LogP contribution in [0.1, 0.15) is 31.1 Å². The van der Waals surface area contributed by atoms with Crippen molar-refractivity contribution in [1.29, 1.82) is 0 Å². The molecule has 0 aliphatic carbocycles. The third-order valence-corrected chi connectivity index (χ3v) is 3.36. The Labute approximate surface area is 131 Å². The maximum Gasteiger partial charge on any atom is 0.343 e. The van der Waals surface area contributed by atoms with Gasteiger partial charge < -0.3 is 9.64 Å². The van der Waals surface area contributed by atoms with Crippen LogP contribution in [-0.2, 0) is 4.74 Å². The average molecular weight is 299 g/mol. The average Bonchev–Trinajstić information content (AvgIpc) is 2.57. The molecule has 2 aromatic rings. The zero-order valence-corrected chi connectivity index (χ0v) is 13.2. The first-order valence-electron chi connectivity index (χ1n) is 7.55. The van der Waals surface area contributed by atoms with Gasteiger partial charge in [0.25, 0.3) is 0 Å². The molecular formula is C17H21N3O2. The Morgan fingerprint density at radius 2 is 1.82 bits per heavy atom. The molecule has 0 spiro atoms. The smallest absolute Gasteiger partial charge is 0.343 e. The molecular weight excluding hydrogens is 278 g/mol. The lowest BCUT2D eigenvalue weighted by atomic mass is 10.2. The van der Waals surface area contributed by atoms with Crippen molar-refractivity contribution in [2.75, 3.05) is 24.6 Å². The van der Waals surface area contributed by atoms with E-state index >= 15 is 0 Å². The van der Waals surface area contributed by atoms with Crippen molar-refractivity contribution in [3.63, 3.8) is 0 Å². The molecule has 0 unspecified atom stereocenters. The zero-order valence-electron chi connectivity index (χ0n) is 13.2. The van der Waals surface area contributed by atoms with Crippen LogP contribution in [-0.4, -0.2) is 35.6 Å². The van der Waals surface area contributed by atoms with Gasteiger partial charge in [0.1, 0.15) is 11.4 Å². The fourth-order valence-electron chi connectivity index (χ4n) is 2.22. The Hall–Kier alpha value is -2.43. The van der Waals surface area contributed by atoms with E-state index in [9.17, 15) is 4.79 Å². The van der Waals surface area contributed by atoms with Crippen LogP contribution in [0.25, 0.3) is 11.4 Å². The first kappa shape index (κ1) is 15.9. The van der Waals surface area contributed by atoms with Gasteiger partial charge in [-0.3, -0.25) is 0 Å². The van der Waals surface area contributed by atoms with Crippen molar-refractivity contribution < 1.29 is 9.53 Å². The van der Waals surface area contributed by atoms with Crippen LogP contribution >= 0.6 is 0 Å². The summed E-state index contributed by atoms with van der Waals surface area (Å²) in [5.74, 6) is 0.844. The molecule has 0 aliphatic rings. The number of hydrogen-bond acceptors (Lipinski definition) is 5. The van der Waals surface area contributed by atoms with Crippen molar-refractivity contribution in [2.45, 2.75) is 20.8 Å². The highest BCUT2D eigenvalue weighted by Gasteiger charge is 2.19. The highest BCUT2D eigenvalue weighted by atomic mass is 16.5. The Bertz CT molecular complexity index is 625. The van der Waals surface area contributed by atoms with Gasteiger partial charge in [-0.15, -0.1) is 0 Å². The molecule has 0 aliphatic heterocycles. The van der Waals surface area contributed by atoms with Crippen LogP contribution in [0.4, 0.5) is 5.82 Å². The molecule has 0 amide bonds. The number of anilines is 1. The highest BCUT2D eigenvalue weighted by Crippen LogP contribution is 2.23. The molecule has 1 aromatic carbocycles. The summed E-state index contributed by atoms with van der Waals surface area (Å²) in [6.07, 6.45) is 1.56. The van der Waals surface area contributed by atoms with Gasteiger partial charge in [0, 0.05) is 24.8 Å².